The lowest BCUT2D eigenvalue weighted by Gasteiger charge is -2.10. The molecule has 0 saturated carbocycles. The van der Waals surface area contributed by atoms with E-state index in [1.165, 1.54) is 0 Å². The molecular formula is C22H18ClN3O. The van der Waals surface area contributed by atoms with Gasteiger partial charge in [-0.15, -0.1) is 0 Å². The third-order valence-corrected chi connectivity index (χ3v) is 4.95. The molecule has 0 aliphatic carbocycles. The number of aromatic nitrogens is 2. The second-order valence-electron chi connectivity index (χ2n) is 6.36. The Hall–Kier alpha value is -3.11. The first-order valence-corrected chi connectivity index (χ1v) is 9.04. The maximum atomic E-state index is 12.9. The number of imidazole rings is 1. The highest BCUT2D eigenvalue weighted by molar-refractivity contribution is 6.36. The molecule has 1 aromatic heterocycles. The number of benzene rings is 3. The van der Waals surface area contributed by atoms with Crippen molar-refractivity contribution in [1.29, 1.82) is 0 Å². The van der Waals surface area contributed by atoms with Gasteiger partial charge in [0.25, 0.3) is 5.91 Å². The molecule has 1 heterocycles. The van der Waals surface area contributed by atoms with Gasteiger partial charge in [-0.2, -0.15) is 0 Å². The Morgan fingerprint density at radius 1 is 0.926 bits per heavy atom. The number of halogens is 1. The van der Waals surface area contributed by atoms with Gasteiger partial charge in [0, 0.05) is 27.2 Å². The van der Waals surface area contributed by atoms with Crippen LogP contribution in [0.3, 0.4) is 0 Å². The standard InChI is InChI=1S/C22H18ClN3O/c1-14-21(24-15(2)26(14)16-8-4-3-5-9-16)22(27)25-20-13-12-19(23)17-10-6-7-11-18(17)20/h3-13H,1-2H3,(H,25,27). The van der Waals surface area contributed by atoms with Gasteiger partial charge in [0.15, 0.2) is 0 Å². The van der Waals surface area contributed by atoms with Gasteiger partial charge in [-0.3, -0.25) is 4.79 Å². The van der Waals surface area contributed by atoms with E-state index in [4.69, 9.17) is 11.6 Å². The lowest BCUT2D eigenvalue weighted by molar-refractivity contribution is 0.102. The van der Waals surface area contributed by atoms with Crippen LogP contribution in [-0.2, 0) is 0 Å². The van der Waals surface area contributed by atoms with Crippen LogP contribution in [0.25, 0.3) is 16.5 Å². The number of para-hydroxylation sites is 1. The number of rotatable bonds is 3. The minimum atomic E-state index is -0.238. The number of carbonyl (C=O) groups is 1. The molecule has 134 valence electrons. The molecule has 0 aliphatic heterocycles. The van der Waals surface area contributed by atoms with Gasteiger partial charge < -0.3 is 9.88 Å². The molecule has 0 saturated heterocycles. The number of carbonyl (C=O) groups excluding carboxylic acids is 1. The molecule has 1 amide bonds. The monoisotopic (exact) mass is 375 g/mol. The smallest absolute Gasteiger partial charge is 0.276 e. The zero-order chi connectivity index (χ0) is 19.0. The summed E-state index contributed by atoms with van der Waals surface area (Å²) in [6.07, 6.45) is 0. The van der Waals surface area contributed by atoms with Crippen LogP contribution in [0.1, 0.15) is 22.0 Å². The molecule has 4 aromatic rings. The van der Waals surface area contributed by atoms with E-state index in [9.17, 15) is 4.79 Å². The molecule has 4 rings (SSSR count). The molecule has 0 fully saturated rings. The Kier molecular flexibility index (Phi) is 4.42. The summed E-state index contributed by atoms with van der Waals surface area (Å²) in [6, 6.07) is 21.2. The summed E-state index contributed by atoms with van der Waals surface area (Å²) in [5.41, 5.74) is 2.91. The fourth-order valence-corrected chi connectivity index (χ4v) is 3.59. The number of hydrogen-bond donors (Lipinski definition) is 1. The van der Waals surface area contributed by atoms with Crippen LogP contribution >= 0.6 is 11.6 Å². The van der Waals surface area contributed by atoms with Crippen LogP contribution in [-0.4, -0.2) is 15.5 Å². The first kappa shape index (κ1) is 17.3. The van der Waals surface area contributed by atoms with Crippen LogP contribution in [0.15, 0.2) is 66.7 Å². The van der Waals surface area contributed by atoms with E-state index in [0.717, 1.165) is 28.0 Å². The number of aryl methyl sites for hydroxylation is 1. The molecule has 0 aliphatic rings. The summed E-state index contributed by atoms with van der Waals surface area (Å²) >= 11 is 6.27. The van der Waals surface area contributed by atoms with Crippen LogP contribution in [0, 0.1) is 13.8 Å². The van der Waals surface area contributed by atoms with E-state index in [2.05, 4.69) is 10.3 Å². The van der Waals surface area contributed by atoms with E-state index in [1.807, 2.05) is 79.1 Å². The zero-order valence-electron chi connectivity index (χ0n) is 15.0. The van der Waals surface area contributed by atoms with Crippen molar-refractivity contribution in [2.75, 3.05) is 5.32 Å². The molecule has 0 bridgehead atoms. The first-order valence-electron chi connectivity index (χ1n) is 8.66. The van der Waals surface area contributed by atoms with Crippen molar-refractivity contribution in [3.63, 3.8) is 0 Å². The van der Waals surface area contributed by atoms with Gasteiger partial charge in [0.2, 0.25) is 0 Å². The van der Waals surface area contributed by atoms with Gasteiger partial charge >= 0.3 is 0 Å². The molecule has 0 spiro atoms. The van der Waals surface area contributed by atoms with Crippen molar-refractivity contribution in [2.45, 2.75) is 13.8 Å². The number of fused-ring (bicyclic) bond motifs is 1. The third kappa shape index (κ3) is 3.09. The number of nitrogens with zero attached hydrogens (tertiary/aromatic N) is 2. The Balaban J connectivity index is 1.72. The average Bonchev–Trinajstić information content (AvgIpc) is 2.99. The molecule has 0 radical (unpaired) electrons. The molecular weight excluding hydrogens is 358 g/mol. The highest BCUT2D eigenvalue weighted by atomic mass is 35.5. The van der Waals surface area contributed by atoms with Crippen LogP contribution < -0.4 is 5.32 Å². The van der Waals surface area contributed by atoms with Crippen molar-refractivity contribution in [2.24, 2.45) is 0 Å². The van der Waals surface area contributed by atoms with Crippen LogP contribution in [0.5, 0.6) is 0 Å². The van der Waals surface area contributed by atoms with Crippen molar-refractivity contribution < 1.29 is 4.79 Å². The number of hydrogen-bond acceptors (Lipinski definition) is 2. The minimum Gasteiger partial charge on any atom is -0.320 e. The summed E-state index contributed by atoms with van der Waals surface area (Å²) in [4.78, 5) is 17.4. The lowest BCUT2D eigenvalue weighted by atomic mass is 10.1. The van der Waals surface area contributed by atoms with E-state index in [1.54, 1.807) is 6.07 Å². The first-order chi connectivity index (χ1) is 13.1. The van der Waals surface area contributed by atoms with Gasteiger partial charge in [0.1, 0.15) is 11.5 Å². The van der Waals surface area contributed by atoms with E-state index in [0.29, 0.717) is 16.4 Å². The van der Waals surface area contributed by atoms with E-state index in [-0.39, 0.29) is 5.91 Å². The largest absolute Gasteiger partial charge is 0.320 e. The van der Waals surface area contributed by atoms with Crippen molar-refractivity contribution >= 4 is 34.0 Å². The lowest BCUT2D eigenvalue weighted by Crippen LogP contribution is -2.14. The predicted molar refractivity (Wildman–Crippen MR) is 110 cm³/mol. The van der Waals surface area contributed by atoms with Crippen molar-refractivity contribution in [3.8, 4) is 5.69 Å². The van der Waals surface area contributed by atoms with Crippen molar-refractivity contribution in [1.82, 2.24) is 9.55 Å². The highest BCUT2D eigenvalue weighted by Gasteiger charge is 2.19. The molecule has 0 atom stereocenters. The SMILES string of the molecule is Cc1nc(C(=O)Nc2ccc(Cl)c3ccccc23)c(C)n1-c1ccccc1. The second kappa shape index (κ2) is 6.89. The fourth-order valence-electron chi connectivity index (χ4n) is 3.37. The molecule has 27 heavy (non-hydrogen) atoms. The predicted octanol–water partition coefficient (Wildman–Crippen LogP) is 5.55. The van der Waals surface area contributed by atoms with Crippen LogP contribution in [0.2, 0.25) is 5.02 Å². The normalized spacial score (nSPS) is 10.9. The Morgan fingerprint density at radius 2 is 1.59 bits per heavy atom. The van der Waals surface area contributed by atoms with Gasteiger partial charge in [0.05, 0.1) is 5.69 Å². The summed E-state index contributed by atoms with van der Waals surface area (Å²) in [5.74, 6) is 0.530. The molecule has 1 N–H and O–H groups in total. The number of anilines is 1. The molecule has 4 nitrogen and oxygen atoms in total. The number of amides is 1. The van der Waals surface area contributed by atoms with E-state index < -0.39 is 0 Å². The van der Waals surface area contributed by atoms with E-state index >= 15 is 0 Å². The molecule has 0 unspecified atom stereocenters. The van der Waals surface area contributed by atoms with Gasteiger partial charge in [-0.25, -0.2) is 4.98 Å². The maximum absolute atomic E-state index is 12.9. The Bertz CT molecular complexity index is 1150. The highest BCUT2D eigenvalue weighted by Crippen LogP contribution is 2.30. The quantitative estimate of drug-likeness (QED) is 0.510. The second-order valence-corrected chi connectivity index (χ2v) is 6.77. The summed E-state index contributed by atoms with van der Waals surface area (Å²) in [6.45, 7) is 3.80. The summed E-state index contributed by atoms with van der Waals surface area (Å²) < 4.78 is 1.98. The number of nitrogens with one attached hydrogen (secondary N) is 1. The Labute approximate surface area is 162 Å². The van der Waals surface area contributed by atoms with Gasteiger partial charge in [-0.05, 0) is 38.1 Å². The average molecular weight is 376 g/mol. The van der Waals surface area contributed by atoms with Crippen LogP contribution in [0.4, 0.5) is 5.69 Å². The van der Waals surface area contributed by atoms with Gasteiger partial charge in [-0.1, -0.05) is 54.1 Å². The zero-order valence-corrected chi connectivity index (χ0v) is 15.8. The summed E-state index contributed by atoms with van der Waals surface area (Å²) in [5, 5.41) is 5.45. The maximum Gasteiger partial charge on any atom is 0.276 e. The van der Waals surface area contributed by atoms with Crippen molar-refractivity contribution in [3.05, 3.63) is 89.0 Å². The Morgan fingerprint density at radius 3 is 2.33 bits per heavy atom. The third-order valence-electron chi connectivity index (χ3n) is 4.62. The summed E-state index contributed by atoms with van der Waals surface area (Å²) in [7, 11) is 0. The topological polar surface area (TPSA) is 46.9 Å². The minimum absolute atomic E-state index is 0.238. The fraction of sp³-hybridized carbons (Fsp3) is 0.0909. The molecule has 3 aromatic carbocycles. The molecule has 5 heteroatoms.